The van der Waals surface area contributed by atoms with Gasteiger partial charge < -0.3 is 15.9 Å². The molecule has 0 bridgehead atoms. The number of fused-ring (bicyclic) bond motifs is 2. The summed E-state index contributed by atoms with van der Waals surface area (Å²) in [5, 5.41) is 7.65. The first-order valence-electron chi connectivity index (χ1n) is 12.4. The fourth-order valence-corrected chi connectivity index (χ4v) is 5.09. The van der Waals surface area contributed by atoms with Crippen LogP contribution in [-0.4, -0.2) is 19.7 Å². The van der Waals surface area contributed by atoms with Gasteiger partial charge in [-0.1, -0.05) is 43.3 Å². The van der Waals surface area contributed by atoms with Crippen molar-refractivity contribution in [2.75, 3.05) is 11.5 Å². The Hall–Kier alpha value is -4.65. The van der Waals surface area contributed by atoms with E-state index in [1.807, 2.05) is 72.4 Å². The molecule has 6 rings (SSSR count). The van der Waals surface area contributed by atoms with Gasteiger partial charge in [-0.3, -0.25) is 4.68 Å². The van der Waals surface area contributed by atoms with E-state index in [0.29, 0.717) is 17.3 Å². The Morgan fingerprint density at radius 2 is 1.73 bits per heavy atom. The summed E-state index contributed by atoms with van der Waals surface area (Å²) >= 11 is 0. The Kier molecular flexibility index (Phi) is 5.41. The molecule has 0 saturated heterocycles. The first-order chi connectivity index (χ1) is 17.9. The highest BCUT2D eigenvalue weighted by Crippen LogP contribution is 2.37. The lowest BCUT2D eigenvalue weighted by atomic mass is 9.91. The lowest BCUT2D eigenvalue weighted by Crippen LogP contribution is -2.13. The molecule has 184 valence electrons. The molecule has 0 fully saturated rings. The second-order valence-corrected chi connectivity index (χ2v) is 9.39. The summed E-state index contributed by atoms with van der Waals surface area (Å²) < 4.78 is 7.92. The minimum absolute atomic E-state index is 0.313. The van der Waals surface area contributed by atoms with Gasteiger partial charge >= 0.3 is 0 Å². The van der Waals surface area contributed by atoms with E-state index in [1.165, 1.54) is 0 Å². The normalized spacial score (nSPS) is 12.4. The Morgan fingerprint density at radius 1 is 0.919 bits per heavy atom. The van der Waals surface area contributed by atoms with E-state index in [0.717, 1.165) is 62.1 Å². The van der Waals surface area contributed by atoms with Crippen LogP contribution in [-0.2, 0) is 13.5 Å². The molecule has 1 atom stereocenters. The largest absolute Gasteiger partial charge is 0.461 e. The summed E-state index contributed by atoms with van der Waals surface area (Å²) in [5.41, 5.74) is 18.0. The van der Waals surface area contributed by atoms with Crippen LogP contribution in [0.25, 0.3) is 33.1 Å². The third-order valence-electron chi connectivity index (χ3n) is 7.00. The topological polar surface area (TPSA) is 109 Å². The third-order valence-corrected chi connectivity index (χ3v) is 7.00. The van der Waals surface area contributed by atoms with Crippen molar-refractivity contribution < 1.29 is 4.42 Å². The molecule has 7 nitrogen and oxygen atoms in total. The van der Waals surface area contributed by atoms with Crippen LogP contribution in [0.15, 0.2) is 77.2 Å². The Balaban J connectivity index is 1.60. The number of rotatable bonds is 5. The highest BCUT2D eigenvalue weighted by Gasteiger charge is 2.27. The Labute approximate surface area is 214 Å². The molecule has 6 aromatic rings. The lowest BCUT2D eigenvalue weighted by Gasteiger charge is -2.18. The molecular weight excluding hydrogens is 460 g/mol. The molecule has 7 heteroatoms. The highest BCUT2D eigenvalue weighted by molar-refractivity contribution is 5.93. The smallest absolute Gasteiger partial charge is 0.181 e. The van der Waals surface area contributed by atoms with Crippen LogP contribution in [0.5, 0.6) is 0 Å². The SMILES string of the molecule is CCc1oc2ccc(C(c3cc4cc(N)ccc4c(N)n3)c3nc(-c4ccccc4)nn3C)cc2c1C. The summed E-state index contributed by atoms with van der Waals surface area (Å²) in [7, 11) is 1.92. The zero-order valence-corrected chi connectivity index (χ0v) is 21.1. The maximum Gasteiger partial charge on any atom is 0.181 e. The molecule has 3 heterocycles. The average Bonchev–Trinajstić information content (AvgIpc) is 3.44. The number of aromatic nitrogens is 4. The number of pyridine rings is 1. The van der Waals surface area contributed by atoms with Crippen molar-refractivity contribution in [2.45, 2.75) is 26.2 Å². The number of nitrogens with zero attached hydrogens (tertiary/aromatic N) is 4. The molecule has 0 aliphatic rings. The number of furan rings is 1. The van der Waals surface area contributed by atoms with Gasteiger partial charge in [0.15, 0.2) is 5.82 Å². The second-order valence-electron chi connectivity index (χ2n) is 9.39. The molecule has 0 spiro atoms. The van der Waals surface area contributed by atoms with Gasteiger partial charge in [0, 0.05) is 35.5 Å². The summed E-state index contributed by atoms with van der Waals surface area (Å²) in [5.74, 6) is 2.57. The molecule has 0 radical (unpaired) electrons. The fraction of sp³-hybridized carbons (Fsp3) is 0.167. The quantitative estimate of drug-likeness (QED) is 0.288. The predicted molar refractivity (Wildman–Crippen MR) is 148 cm³/mol. The third kappa shape index (κ3) is 3.89. The van der Waals surface area contributed by atoms with Gasteiger partial charge in [0.05, 0.1) is 11.6 Å². The van der Waals surface area contributed by atoms with Crippen LogP contribution in [0.3, 0.4) is 0 Å². The standard InChI is InChI=1S/C30H28N6O/c1-4-25-17(2)23-15-19(10-13-26(23)37-25)27(24-16-20-14-21(31)11-12-22(20)28(32)33-24)30-34-29(35-36(30)3)18-8-6-5-7-9-18/h5-16,27H,4,31H2,1-3H3,(H2,32,33). The Bertz CT molecular complexity index is 1770. The van der Waals surface area contributed by atoms with Gasteiger partial charge in [-0.25, -0.2) is 9.97 Å². The molecule has 0 amide bonds. The van der Waals surface area contributed by atoms with Crippen molar-refractivity contribution in [3.05, 3.63) is 101 Å². The molecule has 0 aliphatic heterocycles. The maximum absolute atomic E-state index is 6.46. The van der Waals surface area contributed by atoms with Crippen LogP contribution in [0.1, 0.15) is 41.2 Å². The molecule has 1 unspecified atom stereocenters. The van der Waals surface area contributed by atoms with Crippen molar-refractivity contribution in [1.29, 1.82) is 0 Å². The minimum Gasteiger partial charge on any atom is -0.461 e. The lowest BCUT2D eigenvalue weighted by molar-refractivity contribution is 0.553. The molecule has 4 N–H and O–H groups in total. The average molecular weight is 489 g/mol. The van der Waals surface area contributed by atoms with E-state index < -0.39 is 0 Å². The summed E-state index contributed by atoms with van der Waals surface area (Å²) in [6, 6.07) is 24.0. The molecule has 0 aliphatic carbocycles. The van der Waals surface area contributed by atoms with Gasteiger partial charge in [-0.05, 0) is 59.8 Å². The number of hydrogen-bond donors (Lipinski definition) is 2. The van der Waals surface area contributed by atoms with Crippen molar-refractivity contribution >= 4 is 33.2 Å². The van der Waals surface area contributed by atoms with Gasteiger partial charge in [-0.15, -0.1) is 0 Å². The van der Waals surface area contributed by atoms with Gasteiger partial charge in [0.2, 0.25) is 0 Å². The van der Waals surface area contributed by atoms with Crippen LogP contribution in [0.4, 0.5) is 11.5 Å². The number of anilines is 2. The monoisotopic (exact) mass is 488 g/mol. The molecule has 0 saturated carbocycles. The number of nitrogen functional groups attached to an aromatic ring is 2. The Morgan fingerprint density at radius 3 is 2.51 bits per heavy atom. The molecule has 3 aromatic carbocycles. The van der Waals surface area contributed by atoms with Crippen molar-refractivity contribution in [3.8, 4) is 11.4 Å². The van der Waals surface area contributed by atoms with Gasteiger partial charge in [-0.2, -0.15) is 5.10 Å². The first kappa shape index (κ1) is 22.8. The molecule has 37 heavy (non-hydrogen) atoms. The maximum atomic E-state index is 6.46. The zero-order valence-electron chi connectivity index (χ0n) is 21.1. The number of aryl methyl sites for hydroxylation is 3. The second kappa shape index (κ2) is 8.78. The highest BCUT2D eigenvalue weighted by atomic mass is 16.3. The van der Waals surface area contributed by atoms with Crippen LogP contribution < -0.4 is 11.5 Å². The number of benzene rings is 3. The fourth-order valence-electron chi connectivity index (χ4n) is 5.09. The molecule has 3 aromatic heterocycles. The van der Waals surface area contributed by atoms with Crippen LogP contribution in [0, 0.1) is 6.92 Å². The van der Waals surface area contributed by atoms with Crippen molar-refractivity contribution in [2.24, 2.45) is 7.05 Å². The van der Waals surface area contributed by atoms with E-state index in [4.69, 9.17) is 31.0 Å². The summed E-state index contributed by atoms with van der Waals surface area (Å²) in [4.78, 5) is 9.87. The van der Waals surface area contributed by atoms with Gasteiger partial charge in [0.1, 0.15) is 23.0 Å². The van der Waals surface area contributed by atoms with E-state index in [1.54, 1.807) is 0 Å². The van der Waals surface area contributed by atoms with Crippen molar-refractivity contribution in [3.63, 3.8) is 0 Å². The number of hydrogen-bond acceptors (Lipinski definition) is 6. The van der Waals surface area contributed by atoms with E-state index in [2.05, 4.69) is 26.0 Å². The van der Waals surface area contributed by atoms with E-state index in [9.17, 15) is 0 Å². The van der Waals surface area contributed by atoms with E-state index in [-0.39, 0.29) is 5.92 Å². The zero-order chi connectivity index (χ0) is 25.7. The first-order valence-corrected chi connectivity index (χ1v) is 12.4. The van der Waals surface area contributed by atoms with Crippen molar-refractivity contribution in [1.82, 2.24) is 19.7 Å². The summed E-state index contributed by atoms with van der Waals surface area (Å²) in [6.07, 6.45) is 0.840. The molecular formula is C30H28N6O. The summed E-state index contributed by atoms with van der Waals surface area (Å²) in [6.45, 7) is 4.21. The minimum atomic E-state index is -0.313. The predicted octanol–water partition coefficient (Wildman–Crippen LogP) is 5.99. The van der Waals surface area contributed by atoms with E-state index >= 15 is 0 Å². The van der Waals surface area contributed by atoms with Crippen LogP contribution in [0.2, 0.25) is 0 Å². The van der Waals surface area contributed by atoms with Gasteiger partial charge in [0.25, 0.3) is 0 Å². The number of nitrogens with two attached hydrogens (primary N) is 2. The van der Waals surface area contributed by atoms with Crippen LogP contribution >= 0.6 is 0 Å².